The summed E-state index contributed by atoms with van der Waals surface area (Å²) in [7, 11) is 0. The fraction of sp³-hybridized carbons (Fsp3) is 0.300. The maximum atomic E-state index is 12.5. The van der Waals surface area contributed by atoms with Crippen molar-refractivity contribution in [3.05, 3.63) is 65.6 Å². The number of hydrogen-bond acceptors (Lipinski definition) is 4. The molecular weight excluding hydrogens is 318 g/mol. The van der Waals surface area contributed by atoms with Crippen LogP contribution >= 0.6 is 0 Å². The number of aldehydes is 1. The summed E-state index contributed by atoms with van der Waals surface area (Å²) in [6.07, 6.45) is 5.11. The van der Waals surface area contributed by atoms with Crippen LogP contribution in [0.5, 0.6) is 0 Å². The van der Waals surface area contributed by atoms with Crippen molar-refractivity contribution in [2.75, 3.05) is 0 Å². The van der Waals surface area contributed by atoms with Crippen LogP contribution in [0.25, 0.3) is 5.57 Å². The van der Waals surface area contributed by atoms with Gasteiger partial charge >= 0.3 is 6.09 Å². The maximum absolute atomic E-state index is 12.5. The first-order valence-electron chi connectivity index (χ1n) is 8.49. The van der Waals surface area contributed by atoms with Gasteiger partial charge in [-0.2, -0.15) is 0 Å². The molecule has 2 aromatic rings. The Hall–Kier alpha value is -2.82. The number of benzene rings is 1. The van der Waals surface area contributed by atoms with Gasteiger partial charge in [0.25, 0.3) is 0 Å². The molecular formula is C20H19NO4. The highest BCUT2D eigenvalue weighted by Gasteiger charge is 2.41. The molecule has 1 aromatic heterocycles. The zero-order valence-corrected chi connectivity index (χ0v) is 13.8. The number of hydrogen-bond donors (Lipinski definition) is 0. The first-order valence-corrected chi connectivity index (χ1v) is 8.49. The largest absolute Gasteiger partial charge is 0.454 e. The van der Waals surface area contributed by atoms with E-state index >= 15 is 0 Å². The van der Waals surface area contributed by atoms with Gasteiger partial charge in [-0.15, -0.1) is 0 Å². The summed E-state index contributed by atoms with van der Waals surface area (Å²) in [5, 5.41) is 0. The van der Waals surface area contributed by atoms with Crippen molar-refractivity contribution in [3.8, 4) is 0 Å². The average Bonchev–Trinajstić information content (AvgIpc) is 3.23. The van der Waals surface area contributed by atoms with Gasteiger partial charge in [-0.05, 0) is 42.5 Å². The molecule has 0 saturated carbocycles. The Kier molecular flexibility index (Phi) is 4.14. The Balaban J connectivity index is 1.45. The number of furan rings is 1. The summed E-state index contributed by atoms with van der Waals surface area (Å²) in [6.45, 7) is 0.285. The number of ether oxygens (including phenoxy) is 1. The highest BCUT2D eigenvalue weighted by atomic mass is 16.6. The molecule has 1 aromatic carbocycles. The van der Waals surface area contributed by atoms with Crippen molar-refractivity contribution in [1.29, 1.82) is 0 Å². The molecule has 0 N–H and O–H groups in total. The van der Waals surface area contributed by atoms with Crippen molar-refractivity contribution < 1.29 is 18.7 Å². The van der Waals surface area contributed by atoms with Crippen LogP contribution in [-0.4, -0.2) is 29.4 Å². The minimum atomic E-state index is -0.264. The fourth-order valence-electron chi connectivity index (χ4n) is 3.68. The predicted molar refractivity (Wildman–Crippen MR) is 92.0 cm³/mol. The van der Waals surface area contributed by atoms with E-state index in [2.05, 4.69) is 6.08 Å². The molecule has 2 aliphatic heterocycles. The van der Waals surface area contributed by atoms with Crippen LogP contribution in [-0.2, 0) is 11.3 Å². The van der Waals surface area contributed by atoms with E-state index in [9.17, 15) is 9.59 Å². The van der Waals surface area contributed by atoms with Gasteiger partial charge in [-0.3, -0.25) is 9.69 Å². The predicted octanol–water partition coefficient (Wildman–Crippen LogP) is 4.05. The van der Waals surface area contributed by atoms with Crippen LogP contribution in [0.3, 0.4) is 0 Å². The Morgan fingerprint density at radius 2 is 2.04 bits per heavy atom. The lowest BCUT2D eigenvalue weighted by Crippen LogP contribution is -2.43. The summed E-state index contributed by atoms with van der Waals surface area (Å²) >= 11 is 0. The summed E-state index contributed by atoms with van der Waals surface area (Å²) in [6, 6.07) is 13.3. The van der Waals surface area contributed by atoms with Crippen molar-refractivity contribution in [3.63, 3.8) is 0 Å². The smallest absolute Gasteiger partial charge is 0.410 e. The number of carbonyl (C=O) groups is 2. The second kappa shape index (κ2) is 6.59. The van der Waals surface area contributed by atoms with Gasteiger partial charge in [0.15, 0.2) is 12.0 Å². The molecule has 4 rings (SSSR count). The van der Waals surface area contributed by atoms with E-state index in [0.717, 1.165) is 36.2 Å². The molecule has 3 heterocycles. The summed E-state index contributed by atoms with van der Waals surface area (Å²) in [4.78, 5) is 25.2. The van der Waals surface area contributed by atoms with Crippen molar-refractivity contribution in [1.82, 2.24) is 4.90 Å². The van der Waals surface area contributed by atoms with Crippen LogP contribution in [0.2, 0.25) is 0 Å². The average molecular weight is 337 g/mol. The van der Waals surface area contributed by atoms with Gasteiger partial charge in [0.05, 0.1) is 6.04 Å². The third-order valence-corrected chi connectivity index (χ3v) is 4.87. The van der Waals surface area contributed by atoms with E-state index in [-0.39, 0.29) is 24.8 Å². The van der Waals surface area contributed by atoms with Crippen LogP contribution < -0.4 is 0 Å². The molecule has 1 fully saturated rings. The highest BCUT2D eigenvalue weighted by molar-refractivity contribution is 5.75. The lowest BCUT2D eigenvalue weighted by molar-refractivity contribution is 0.0831. The highest BCUT2D eigenvalue weighted by Crippen LogP contribution is 2.39. The molecule has 0 aliphatic carbocycles. The molecule has 25 heavy (non-hydrogen) atoms. The number of fused-ring (bicyclic) bond motifs is 2. The van der Waals surface area contributed by atoms with Crippen LogP contribution in [0.1, 0.15) is 41.1 Å². The minimum Gasteiger partial charge on any atom is -0.454 e. The van der Waals surface area contributed by atoms with E-state index < -0.39 is 0 Å². The molecule has 5 heteroatoms. The summed E-state index contributed by atoms with van der Waals surface area (Å²) in [5.74, 6) is 1.05. The van der Waals surface area contributed by atoms with E-state index in [1.165, 1.54) is 0 Å². The molecule has 2 aliphatic rings. The van der Waals surface area contributed by atoms with E-state index in [4.69, 9.17) is 9.15 Å². The van der Waals surface area contributed by atoms with Gasteiger partial charge in [0.1, 0.15) is 12.4 Å². The van der Waals surface area contributed by atoms with Gasteiger partial charge in [0, 0.05) is 6.04 Å². The maximum Gasteiger partial charge on any atom is 0.410 e. The molecule has 2 atom stereocenters. The molecule has 128 valence electrons. The van der Waals surface area contributed by atoms with Gasteiger partial charge in [-0.25, -0.2) is 4.79 Å². The van der Waals surface area contributed by atoms with E-state index in [1.54, 1.807) is 6.07 Å². The quantitative estimate of drug-likeness (QED) is 0.790. The Labute approximate surface area is 145 Å². The Morgan fingerprint density at radius 3 is 2.76 bits per heavy atom. The summed E-state index contributed by atoms with van der Waals surface area (Å²) in [5.41, 5.74) is 2.04. The Morgan fingerprint density at radius 1 is 1.20 bits per heavy atom. The third-order valence-electron chi connectivity index (χ3n) is 4.87. The van der Waals surface area contributed by atoms with Gasteiger partial charge < -0.3 is 9.15 Å². The zero-order chi connectivity index (χ0) is 17.2. The normalized spacial score (nSPS) is 21.8. The SMILES string of the molecule is O=Cc1ccc(C2=CC3CCC(C2)N3C(=O)OCc2ccccc2)o1. The topological polar surface area (TPSA) is 59.8 Å². The van der Waals surface area contributed by atoms with Crippen LogP contribution in [0.15, 0.2) is 53.0 Å². The van der Waals surface area contributed by atoms with Crippen molar-refractivity contribution in [2.24, 2.45) is 0 Å². The number of amides is 1. The molecule has 1 saturated heterocycles. The molecule has 1 amide bonds. The van der Waals surface area contributed by atoms with E-state index in [0.29, 0.717) is 12.0 Å². The lowest BCUT2D eigenvalue weighted by Gasteiger charge is -2.32. The molecule has 2 bridgehead atoms. The monoisotopic (exact) mass is 337 g/mol. The van der Waals surface area contributed by atoms with Crippen LogP contribution in [0, 0.1) is 0 Å². The Bertz CT molecular complexity index is 808. The first-order chi connectivity index (χ1) is 12.2. The second-order valence-corrected chi connectivity index (χ2v) is 6.46. The molecule has 0 radical (unpaired) electrons. The fourth-order valence-corrected chi connectivity index (χ4v) is 3.68. The van der Waals surface area contributed by atoms with Crippen molar-refractivity contribution >= 4 is 18.0 Å². The number of nitrogens with zero attached hydrogens (tertiary/aromatic N) is 1. The number of carbonyl (C=O) groups excluding carboxylic acids is 2. The first kappa shape index (κ1) is 15.7. The third kappa shape index (κ3) is 3.09. The van der Waals surface area contributed by atoms with Gasteiger partial charge in [0.2, 0.25) is 0 Å². The minimum absolute atomic E-state index is 0.0294. The standard InChI is InChI=1S/C20H19NO4/c22-12-18-8-9-19(25-18)15-10-16-6-7-17(11-15)21(16)20(23)24-13-14-4-2-1-3-5-14/h1-5,8-10,12,16-17H,6-7,11,13H2. The van der Waals surface area contributed by atoms with E-state index in [1.807, 2.05) is 41.3 Å². The van der Waals surface area contributed by atoms with Crippen molar-refractivity contribution in [2.45, 2.75) is 38.0 Å². The van der Waals surface area contributed by atoms with Gasteiger partial charge in [-0.1, -0.05) is 36.4 Å². The summed E-state index contributed by atoms with van der Waals surface area (Å²) < 4.78 is 11.0. The molecule has 5 nitrogen and oxygen atoms in total. The molecule has 2 unspecified atom stereocenters. The number of rotatable bonds is 4. The lowest BCUT2D eigenvalue weighted by atomic mass is 10.00. The second-order valence-electron chi connectivity index (χ2n) is 6.46. The molecule has 0 spiro atoms. The van der Waals surface area contributed by atoms with Crippen LogP contribution in [0.4, 0.5) is 4.79 Å². The zero-order valence-electron chi connectivity index (χ0n) is 13.8.